The second kappa shape index (κ2) is 5.78. The lowest BCUT2D eigenvalue weighted by atomic mass is 10.1. The maximum Gasteiger partial charge on any atom is 0.428 e. The van der Waals surface area contributed by atoms with E-state index in [1.807, 2.05) is 0 Å². The maximum atomic E-state index is 12.9. The fourth-order valence-corrected chi connectivity index (χ4v) is 1.97. The van der Waals surface area contributed by atoms with Crippen LogP contribution < -0.4 is 0 Å². The molecule has 1 aliphatic rings. The molecule has 0 spiro atoms. The van der Waals surface area contributed by atoms with Crippen molar-refractivity contribution in [1.29, 1.82) is 0 Å². The van der Waals surface area contributed by atoms with Gasteiger partial charge in [-0.1, -0.05) is 0 Å². The largest absolute Gasteiger partial charge is 0.446 e. The summed E-state index contributed by atoms with van der Waals surface area (Å²) < 4.78 is 48.4. The van der Waals surface area contributed by atoms with Gasteiger partial charge in [0.25, 0.3) is 0 Å². The molecule has 2 rings (SSSR count). The third kappa shape index (κ3) is 3.47. The molecule has 110 valence electrons. The van der Waals surface area contributed by atoms with Crippen LogP contribution in [0.5, 0.6) is 0 Å². The SMILES string of the molecule is Cc1ccc(C(=O)O[C@@H]([C@H]2CCCO2)C(F)(F)F)cn1. The predicted octanol–water partition coefficient (Wildman–Crippen LogP) is 2.66. The van der Waals surface area contributed by atoms with E-state index in [1.165, 1.54) is 18.3 Å². The van der Waals surface area contributed by atoms with Crippen molar-refractivity contribution in [3.8, 4) is 0 Å². The van der Waals surface area contributed by atoms with Crippen LogP contribution in [0.2, 0.25) is 0 Å². The maximum absolute atomic E-state index is 12.9. The van der Waals surface area contributed by atoms with E-state index in [0.717, 1.165) is 0 Å². The van der Waals surface area contributed by atoms with Crippen molar-refractivity contribution in [1.82, 2.24) is 4.98 Å². The molecule has 0 saturated carbocycles. The van der Waals surface area contributed by atoms with Gasteiger partial charge in [0.1, 0.15) is 6.10 Å². The zero-order valence-electron chi connectivity index (χ0n) is 10.8. The van der Waals surface area contributed by atoms with Crippen molar-refractivity contribution in [3.63, 3.8) is 0 Å². The molecule has 0 aromatic carbocycles. The molecule has 4 nitrogen and oxygen atoms in total. The molecule has 0 radical (unpaired) electrons. The highest BCUT2D eigenvalue weighted by Crippen LogP contribution is 2.31. The standard InChI is InChI=1S/C13H14F3NO3/c1-8-4-5-9(7-17-8)12(18)20-11(13(14,15)16)10-3-2-6-19-10/h4-5,7,10-11H,2-3,6H2,1H3/t10-,11+/m1/s1. The van der Waals surface area contributed by atoms with Crippen LogP contribution in [-0.4, -0.2) is 35.9 Å². The summed E-state index contributed by atoms with van der Waals surface area (Å²) in [6.45, 7) is 1.96. The van der Waals surface area contributed by atoms with Crippen LogP contribution in [0, 0.1) is 6.92 Å². The van der Waals surface area contributed by atoms with Gasteiger partial charge in [0.05, 0.1) is 5.56 Å². The Morgan fingerprint density at radius 1 is 1.50 bits per heavy atom. The third-order valence-corrected chi connectivity index (χ3v) is 3.01. The monoisotopic (exact) mass is 289 g/mol. The molecule has 2 heterocycles. The Morgan fingerprint density at radius 3 is 2.75 bits per heavy atom. The van der Waals surface area contributed by atoms with Crippen molar-refractivity contribution in [2.45, 2.75) is 38.1 Å². The van der Waals surface area contributed by atoms with Crippen LogP contribution >= 0.6 is 0 Å². The van der Waals surface area contributed by atoms with Gasteiger partial charge in [0.15, 0.2) is 0 Å². The number of pyridine rings is 1. The van der Waals surface area contributed by atoms with Crippen LogP contribution in [0.4, 0.5) is 13.2 Å². The van der Waals surface area contributed by atoms with E-state index >= 15 is 0 Å². The van der Waals surface area contributed by atoms with Crippen LogP contribution in [-0.2, 0) is 9.47 Å². The van der Waals surface area contributed by atoms with Gasteiger partial charge in [0, 0.05) is 18.5 Å². The number of aryl methyl sites for hydroxylation is 1. The zero-order chi connectivity index (χ0) is 14.8. The molecule has 1 aromatic rings. The number of ether oxygens (including phenoxy) is 2. The number of aromatic nitrogens is 1. The summed E-state index contributed by atoms with van der Waals surface area (Å²) in [5.41, 5.74) is 0.649. The first kappa shape index (κ1) is 14.8. The van der Waals surface area contributed by atoms with Crippen LogP contribution in [0.3, 0.4) is 0 Å². The molecule has 1 saturated heterocycles. The summed E-state index contributed by atoms with van der Waals surface area (Å²) in [7, 11) is 0. The zero-order valence-corrected chi connectivity index (χ0v) is 10.8. The second-order valence-electron chi connectivity index (χ2n) is 4.61. The second-order valence-corrected chi connectivity index (χ2v) is 4.61. The Morgan fingerprint density at radius 2 is 2.25 bits per heavy atom. The summed E-state index contributed by atoms with van der Waals surface area (Å²) in [5, 5.41) is 0. The number of carbonyl (C=O) groups excluding carboxylic acids is 1. The van der Waals surface area contributed by atoms with Gasteiger partial charge in [-0.25, -0.2) is 4.79 Å². The highest BCUT2D eigenvalue weighted by Gasteiger charge is 2.49. The Kier molecular flexibility index (Phi) is 4.27. The average Bonchev–Trinajstić information content (AvgIpc) is 2.88. The van der Waals surface area contributed by atoms with Crippen LogP contribution in [0.15, 0.2) is 18.3 Å². The van der Waals surface area contributed by atoms with E-state index in [9.17, 15) is 18.0 Å². The molecule has 1 aliphatic heterocycles. The first-order valence-electron chi connectivity index (χ1n) is 6.20. The van der Waals surface area contributed by atoms with Crippen molar-refractivity contribution >= 4 is 5.97 Å². The van der Waals surface area contributed by atoms with Gasteiger partial charge in [-0.15, -0.1) is 0 Å². The van der Waals surface area contributed by atoms with Gasteiger partial charge in [-0.05, 0) is 31.9 Å². The van der Waals surface area contributed by atoms with Crippen LogP contribution in [0.1, 0.15) is 28.9 Å². The molecule has 0 bridgehead atoms. The fourth-order valence-electron chi connectivity index (χ4n) is 1.97. The molecule has 2 atom stereocenters. The third-order valence-electron chi connectivity index (χ3n) is 3.01. The Hall–Kier alpha value is -1.63. The number of carbonyl (C=O) groups is 1. The number of rotatable bonds is 3. The smallest absolute Gasteiger partial charge is 0.428 e. The van der Waals surface area contributed by atoms with E-state index in [-0.39, 0.29) is 18.6 Å². The molecule has 0 amide bonds. The number of hydrogen-bond acceptors (Lipinski definition) is 4. The number of halogens is 3. The minimum Gasteiger partial charge on any atom is -0.446 e. The summed E-state index contributed by atoms with van der Waals surface area (Å²) in [6.07, 6.45) is -6.07. The highest BCUT2D eigenvalue weighted by molar-refractivity contribution is 5.89. The van der Waals surface area contributed by atoms with Crippen molar-refractivity contribution in [2.75, 3.05) is 6.61 Å². The summed E-state index contributed by atoms with van der Waals surface area (Å²) in [4.78, 5) is 15.6. The highest BCUT2D eigenvalue weighted by atomic mass is 19.4. The summed E-state index contributed by atoms with van der Waals surface area (Å²) in [5.74, 6) is -1.05. The van der Waals surface area contributed by atoms with Crippen molar-refractivity contribution in [3.05, 3.63) is 29.6 Å². The Balaban J connectivity index is 2.11. The first-order valence-corrected chi connectivity index (χ1v) is 6.20. The van der Waals surface area contributed by atoms with Crippen molar-refractivity contribution < 1.29 is 27.4 Å². The predicted molar refractivity (Wildman–Crippen MR) is 63.2 cm³/mol. The van der Waals surface area contributed by atoms with E-state index < -0.39 is 24.4 Å². The molecule has 0 N–H and O–H groups in total. The van der Waals surface area contributed by atoms with E-state index in [0.29, 0.717) is 12.1 Å². The van der Waals surface area contributed by atoms with Gasteiger partial charge in [-0.2, -0.15) is 13.2 Å². The van der Waals surface area contributed by atoms with Gasteiger partial charge in [-0.3, -0.25) is 4.98 Å². The minimum atomic E-state index is -4.65. The molecular weight excluding hydrogens is 275 g/mol. The Bertz CT molecular complexity index is 467. The molecule has 1 aromatic heterocycles. The Labute approximate surface area is 113 Å². The minimum absolute atomic E-state index is 0.0113. The molecule has 7 heteroatoms. The van der Waals surface area contributed by atoms with Gasteiger partial charge < -0.3 is 9.47 Å². The number of alkyl halides is 3. The molecular formula is C13H14F3NO3. The quantitative estimate of drug-likeness (QED) is 0.803. The lowest BCUT2D eigenvalue weighted by Crippen LogP contribution is -2.43. The number of esters is 1. The van der Waals surface area contributed by atoms with Gasteiger partial charge >= 0.3 is 12.1 Å². The number of nitrogens with zero attached hydrogens (tertiary/aromatic N) is 1. The van der Waals surface area contributed by atoms with Crippen molar-refractivity contribution in [2.24, 2.45) is 0 Å². The van der Waals surface area contributed by atoms with Crippen LogP contribution in [0.25, 0.3) is 0 Å². The first-order chi connectivity index (χ1) is 9.38. The van der Waals surface area contributed by atoms with E-state index in [4.69, 9.17) is 4.74 Å². The lowest BCUT2D eigenvalue weighted by molar-refractivity contribution is -0.230. The van der Waals surface area contributed by atoms with E-state index in [2.05, 4.69) is 9.72 Å². The average molecular weight is 289 g/mol. The molecule has 1 fully saturated rings. The number of hydrogen-bond donors (Lipinski definition) is 0. The summed E-state index contributed by atoms with van der Waals surface area (Å²) >= 11 is 0. The lowest BCUT2D eigenvalue weighted by Gasteiger charge is -2.25. The van der Waals surface area contributed by atoms with Gasteiger partial charge in [0.2, 0.25) is 6.10 Å². The normalized spacial score (nSPS) is 20.7. The van der Waals surface area contributed by atoms with E-state index in [1.54, 1.807) is 6.92 Å². The molecule has 0 unspecified atom stereocenters. The fraction of sp³-hybridized carbons (Fsp3) is 0.538. The summed E-state index contributed by atoms with van der Waals surface area (Å²) in [6, 6.07) is 2.92. The molecule has 0 aliphatic carbocycles. The molecule has 20 heavy (non-hydrogen) atoms. The topological polar surface area (TPSA) is 48.4 Å².